The van der Waals surface area contributed by atoms with Crippen LogP contribution in [0.1, 0.15) is 37.7 Å². The molecule has 1 N–H and O–H groups in total. The highest BCUT2D eigenvalue weighted by molar-refractivity contribution is 5.28. The molecular formula is C18H27N3O. The Labute approximate surface area is 134 Å². The molecule has 22 heavy (non-hydrogen) atoms. The maximum absolute atomic E-state index is 8.50. The molecule has 0 unspecified atom stereocenters. The minimum Gasteiger partial charge on any atom is -0.494 e. The van der Waals surface area contributed by atoms with Crippen molar-refractivity contribution in [2.45, 2.75) is 38.6 Å². The van der Waals surface area contributed by atoms with Crippen molar-refractivity contribution in [1.29, 1.82) is 5.26 Å². The van der Waals surface area contributed by atoms with E-state index in [0.717, 1.165) is 31.8 Å². The molecule has 1 heterocycles. The summed E-state index contributed by atoms with van der Waals surface area (Å²) in [4.78, 5) is 2.55. The van der Waals surface area contributed by atoms with Crippen molar-refractivity contribution in [2.75, 3.05) is 32.8 Å². The van der Waals surface area contributed by atoms with E-state index in [-0.39, 0.29) is 0 Å². The zero-order valence-corrected chi connectivity index (χ0v) is 13.4. The van der Waals surface area contributed by atoms with Crippen LogP contribution in [0.2, 0.25) is 0 Å². The zero-order chi connectivity index (χ0) is 15.5. The Morgan fingerprint density at radius 3 is 2.91 bits per heavy atom. The Balaban J connectivity index is 1.63. The Bertz CT molecular complexity index is 464. The average molecular weight is 301 g/mol. The summed E-state index contributed by atoms with van der Waals surface area (Å²) >= 11 is 0. The first-order chi connectivity index (χ1) is 10.9. The minimum atomic E-state index is 0.553. The van der Waals surface area contributed by atoms with Gasteiger partial charge in [0.2, 0.25) is 0 Å². The number of nitrogens with one attached hydrogen (secondary N) is 1. The molecule has 0 saturated carbocycles. The Kier molecular flexibility index (Phi) is 7.79. The summed E-state index contributed by atoms with van der Waals surface area (Å²) in [5, 5.41) is 12.0. The fourth-order valence-corrected chi connectivity index (χ4v) is 2.74. The normalized spacial score (nSPS) is 15.4. The van der Waals surface area contributed by atoms with Crippen molar-refractivity contribution in [3.05, 3.63) is 29.8 Å². The van der Waals surface area contributed by atoms with Crippen molar-refractivity contribution in [3.63, 3.8) is 0 Å². The molecule has 1 aromatic carbocycles. The molecule has 0 atom stereocenters. The van der Waals surface area contributed by atoms with Gasteiger partial charge in [-0.2, -0.15) is 5.26 Å². The van der Waals surface area contributed by atoms with Gasteiger partial charge >= 0.3 is 0 Å². The highest BCUT2D eigenvalue weighted by atomic mass is 16.5. The predicted octanol–water partition coefficient (Wildman–Crippen LogP) is 2.94. The lowest BCUT2D eigenvalue weighted by Gasteiger charge is -2.26. The van der Waals surface area contributed by atoms with Crippen LogP contribution in [0.4, 0.5) is 0 Å². The Morgan fingerprint density at radius 1 is 1.23 bits per heavy atom. The van der Waals surface area contributed by atoms with Gasteiger partial charge in [-0.1, -0.05) is 18.6 Å². The number of nitriles is 1. The fourth-order valence-electron chi connectivity index (χ4n) is 2.74. The molecule has 0 spiro atoms. The van der Waals surface area contributed by atoms with Crippen molar-refractivity contribution in [1.82, 2.24) is 10.2 Å². The van der Waals surface area contributed by atoms with E-state index in [0.29, 0.717) is 13.0 Å². The van der Waals surface area contributed by atoms with Gasteiger partial charge < -0.3 is 15.0 Å². The van der Waals surface area contributed by atoms with Gasteiger partial charge in [0.1, 0.15) is 5.75 Å². The van der Waals surface area contributed by atoms with E-state index >= 15 is 0 Å². The van der Waals surface area contributed by atoms with Gasteiger partial charge in [-0.25, -0.2) is 0 Å². The standard InChI is InChI=1S/C18H27N3O/c19-9-2-5-14-22-18-8-6-7-17(15-18)16-20-10-13-21-11-3-1-4-12-21/h6-8,15,20H,1-5,10-14,16H2. The van der Waals surface area contributed by atoms with E-state index in [9.17, 15) is 0 Å². The van der Waals surface area contributed by atoms with Gasteiger partial charge in [0.25, 0.3) is 0 Å². The molecule has 4 heteroatoms. The van der Waals surface area contributed by atoms with Crippen LogP contribution in [0.5, 0.6) is 5.75 Å². The molecule has 1 aliphatic heterocycles. The van der Waals surface area contributed by atoms with Gasteiger partial charge in [0.15, 0.2) is 0 Å². The van der Waals surface area contributed by atoms with E-state index in [1.54, 1.807) is 0 Å². The maximum atomic E-state index is 8.50. The predicted molar refractivity (Wildman–Crippen MR) is 88.8 cm³/mol. The molecular weight excluding hydrogens is 274 g/mol. The fraction of sp³-hybridized carbons (Fsp3) is 0.611. The van der Waals surface area contributed by atoms with Crippen LogP contribution in [0.25, 0.3) is 0 Å². The van der Waals surface area contributed by atoms with Crippen LogP contribution in [0.3, 0.4) is 0 Å². The highest BCUT2D eigenvalue weighted by Crippen LogP contribution is 2.13. The second kappa shape index (κ2) is 10.2. The molecule has 4 nitrogen and oxygen atoms in total. The third-order valence-corrected chi connectivity index (χ3v) is 3.98. The highest BCUT2D eigenvalue weighted by Gasteiger charge is 2.08. The van der Waals surface area contributed by atoms with Crippen LogP contribution < -0.4 is 10.1 Å². The number of unbranched alkanes of at least 4 members (excludes halogenated alkanes) is 1. The van der Waals surface area contributed by atoms with E-state index < -0.39 is 0 Å². The minimum absolute atomic E-state index is 0.553. The first kappa shape index (κ1) is 16.8. The monoisotopic (exact) mass is 301 g/mol. The van der Waals surface area contributed by atoms with E-state index in [1.807, 2.05) is 12.1 Å². The molecule has 0 aliphatic carbocycles. The van der Waals surface area contributed by atoms with Crippen LogP contribution in [-0.2, 0) is 6.54 Å². The number of hydrogen-bond donors (Lipinski definition) is 1. The van der Waals surface area contributed by atoms with E-state index in [4.69, 9.17) is 10.00 Å². The number of ether oxygens (including phenoxy) is 1. The summed E-state index contributed by atoms with van der Waals surface area (Å²) < 4.78 is 5.66. The Morgan fingerprint density at radius 2 is 2.09 bits per heavy atom. The van der Waals surface area contributed by atoms with Gasteiger partial charge in [-0.05, 0) is 50.0 Å². The lowest BCUT2D eigenvalue weighted by Crippen LogP contribution is -2.35. The summed E-state index contributed by atoms with van der Waals surface area (Å²) in [7, 11) is 0. The largest absolute Gasteiger partial charge is 0.494 e. The molecule has 2 rings (SSSR count). The molecule has 0 amide bonds. The molecule has 1 saturated heterocycles. The lowest BCUT2D eigenvalue weighted by molar-refractivity contribution is 0.229. The number of nitrogens with zero attached hydrogens (tertiary/aromatic N) is 2. The summed E-state index contributed by atoms with van der Waals surface area (Å²) in [5.41, 5.74) is 1.25. The van der Waals surface area contributed by atoms with Gasteiger partial charge in [0.05, 0.1) is 12.7 Å². The van der Waals surface area contributed by atoms with Crippen molar-refractivity contribution in [3.8, 4) is 11.8 Å². The third kappa shape index (κ3) is 6.46. The number of benzene rings is 1. The van der Waals surface area contributed by atoms with Gasteiger partial charge in [0, 0.05) is 26.1 Å². The second-order valence-corrected chi connectivity index (χ2v) is 5.84. The van der Waals surface area contributed by atoms with Crippen molar-refractivity contribution in [2.24, 2.45) is 0 Å². The number of rotatable bonds is 9. The zero-order valence-electron chi connectivity index (χ0n) is 13.4. The van der Waals surface area contributed by atoms with Crippen molar-refractivity contribution < 1.29 is 4.74 Å². The Hall–Kier alpha value is -1.57. The quantitative estimate of drug-likeness (QED) is 0.712. The smallest absolute Gasteiger partial charge is 0.119 e. The lowest BCUT2D eigenvalue weighted by atomic mass is 10.1. The molecule has 0 bridgehead atoms. The molecule has 1 aromatic rings. The second-order valence-electron chi connectivity index (χ2n) is 5.84. The average Bonchev–Trinajstić information content (AvgIpc) is 2.57. The molecule has 1 aliphatic rings. The first-order valence-electron chi connectivity index (χ1n) is 8.40. The summed E-state index contributed by atoms with van der Waals surface area (Å²) in [5.74, 6) is 0.897. The molecule has 120 valence electrons. The summed E-state index contributed by atoms with van der Waals surface area (Å²) in [6.45, 7) is 6.18. The maximum Gasteiger partial charge on any atom is 0.119 e. The topological polar surface area (TPSA) is 48.3 Å². The molecule has 0 radical (unpaired) electrons. The first-order valence-corrected chi connectivity index (χ1v) is 8.40. The van der Waals surface area contributed by atoms with Crippen LogP contribution >= 0.6 is 0 Å². The molecule has 1 fully saturated rings. The van der Waals surface area contributed by atoms with E-state index in [2.05, 4.69) is 28.4 Å². The molecule has 0 aromatic heterocycles. The number of piperidine rings is 1. The SMILES string of the molecule is N#CCCCOc1cccc(CNCCN2CCCCC2)c1. The van der Waals surface area contributed by atoms with Gasteiger partial charge in [-0.3, -0.25) is 0 Å². The summed E-state index contributed by atoms with van der Waals surface area (Å²) in [6, 6.07) is 10.3. The number of likely N-dealkylation sites (tertiary alicyclic amines) is 1. The summed E-state index contributed by atoms with van der Waals surface area (Å²) in [6.07, 6.45) is 5.44. The van der Waals surface area contributed by atoms with Crippen LogP contribution in [0, 0.1) is 11.3 Å². The van der Waals surface area contributed by atoms with Crippen molar-refractivity contribution >= 4 is 0 Å². The van der Waals surface area contributed by atoms with E-state index in [1.165, 1.54) is 37.9 Å². The van der Waals surface area contributed by atoms with Crippen LogP contribution in [-0.4, -0.2) is 37.7 Å². The third-order valence-electron chi connectivity index (χ3n) is 3.98. The van der Waals surface area contributed by atoms with Crippen LogP contribution in [0.15, 0.2) is 24.3 Å². The van der Waals surface area contributed by atoms with Gasteiger partial charge in [-0.15, -0.1) is 0 Å². The number of hydrogen-bond acceptors (Lipinski definition) is 4.